The summed E-state index contributed by atoms with van der Waals surface area (Å²) < 4.78 is 35.8. The molecule has 0 bridgehead atoms. The number of methoxy groups -OCH3 is 1. The molecule has 1 aromatic carbocycles. The predicted octanol–water partition coefficient (Wildman–Crippen LogP) is 3.72. The van der Waals surface area contributed by atoms with E-state index in [4.69, 9.17) is 4.74 Å². The molecule has 1 atom stereocenters. The van der Waals surface area contributed by atoms with Crippen molar-refractivity contribution in [3.05, 3.63) is 41.3 Å². The van der Waals surface area contributed by atoms with Crippen LogP contribution in [-0.2, 0) is 10.0 Å². The first kappa shape index (κ1) is 25.1. The quantitative estimate of drug-likeness (QED) is 0.531. The van der Waals surface area contributed by atoms with Gasteiger partial charge >= 0.3 is 0 Å². The third-order valence-electron chi connectivity index (χ3n) is 6.49. The molecule has 3 aromatic rings. The van der Waals surface area contributed by atoms with Crippen LogP contribution in [0.2, 0.25) is 0 Å². The maximum Gasteiger partial charge on any atom is 0.272 e. The van der Waals surface area contributed by atoms with E-state index < -0.39 is 10.0 Å². The molecular weight excluding hydrogens is 466 g/mol. The molecular formula is C25H33N5O4S. The van der Waals surface area contributed by atoms with Gasteiger partial charge in [-0.3, -0.25) is 4.79 Å². The number of hydrogen-bond acceptors (Lipinski definition) is 6. The van der Waals surface area contributed by atoms with Crippen molar-refractivity contribution in [2.45, 2.75) is 64.3 Å². The number of aromatic nitrogens is 3. The van der Waals surface area contributed by atoms with Crippen LogP contribution in [-0.4, -0.2) is 59.5 Å². The summed E-state index contributed by atoms with van der Waals surface area (Å²) in [6, 6.07) is 6.82. The molecule has 3 heterocycles. The van der Waals surface area contributed by atoms with E-state index >= 15 is 0 Å². The second-order valence-corrected chi connectivity index (χ2v) is 11.0. The van der Waals surface area contributed by atoms with E-state index in [1.54, 1.807) is 22.7 Å². The van der Waals surface area contributed by atoms with Crippen LogP contribution in [0.5, 0.6) is 5.75 Å². The van der Waals surface area contributed by atoms with Gasteiger partial charge in [0.2, 0.25) is 10.0 Å². The van der Waals surface area contributed by atoms with Gasteiger partial charge in [-0.25, -0.2) is 17.9 Å². The van der Waals surface area contributed by atoms with Crippen molar-refractivity contribution >= 4 is 21.6 Å². The van der Waals surface area contributed by atoms with E-state index in [0.29, 0.717) is 29.9 Å². The number of carbonyl (C=O) groups is 1. The fourth-order valence-electron chi connectivity index (χ4n) is 4.42. The number of nitrogens with zero attached hydrogens (tertiary/aromatic N) is 4. The number of hydrogen-bond donors (Lipinski definition) is 1. The Hall–Kier alpha value is -2.98. The number of amides is 1. The topological polar surface area (TPSA) is 106 Å². The predicted molar refractivity (Wildman–Crippen MR) is 134 cm³/mol. The van der Waals surface area contributed by atoms with Gasteiger partial charge in [-0.15, -0.1) is 0 Å². The summed E-state index contributed by atoms with van der Waals surface area (Å²) >= 11 is 0. The number of ether oxygens (including phenoxy) is 1. The fourth-order valence-corrected chi connectivity index (χ4v) is 6.12. The number of carbonyl (C=O) groups excluding carboxylic acids is 1. The van der Waals surface area contributed by atoms with Crippen LogP contribution in [0.4, 0.5) is 0 Å². The van der Waals surface area contributed by atoms with Crippen LogP contribution in [0.15, 0.2) is 29.2 Å². The first-order valence-corrected chi connectivity index (χ1v) is 13.5. The molecule has 0 spiro atoms. The van der Waals surface area contributed by atoms with E-state index in [1.165, 1.54) is 11.4 Å². The van der Waals surface area contributed by atoms with Crippen LogP contribution < -0.4 is 10.1 Å². The summed E-state index contributed by atoms with van der Waals surface area (Å²) in [6.45, 7) is 8.66. The average molecular weight is 500 g/mol. The third kappa shape index (κ3) is 4.77. The minimum atomic E-state index is -3.78. The van der Waals surface area contributed by atoms with Gasteiger partial charge in [0.05, 0.1) is 12.7 Å². The summed E-state index contributed by atoms with van der Waals surface area (Å²) in [7, 11) is -2.33. The Morgan fingerprint density at radius 1 is 1.17 bits per heavy atom. The van der Waals surface area contributed by atoms with Crippen molar-refractivity contribution in [1.82, 2.24) is 24.2 Å². The molecule has 35 heavy (non-hydrogen) atoms. The van der Waals surface area contributed by atoms with Crippen molar-refractivity contribution in [1.29, 1.82) is 0 Å². The molecule has 4 rings (SSSR count). The molecule has 1 fully saturated rings. The molecule has 0 radical (unpaired) electrons. The lowest BCUT2D eigenvalue weighted by Gasteiger charge is -2.26. The maximum atomic E-state index is 13.6. The zero-order chi connectivity index (χ0) is 25.3. The maximum absolute atomic E-state index is 13.6. The molecule has 1 unspecified atom stereocenters. The number of aryl methyl sites for hydroxylation is 2. The zero-order valence-corrected chi connectivity index (χ0v) is 21.8. The Morgan fingerprint density at radius 2 is 1.89 bits per heavy atom. The van der Waals surface area contributed by atoms with E-state index in [1.807, 2.05) is 33.8 Å². The second-order valence-electron chi connectivity index (χ2n) is 9.11. The minimum absolute atomic E-state index is 0.0399. The van der Waals surface area contributed by atoms with Crippen LogP contribution in [0.1, 0.15) is 61.4 Å². The monoisotopic (exact) mass is 499 g/mol. The second kappa shape index (κ2) is 9.94. The molecule has 1 N–H and O–H groups in total. The Labute approximate surface area is 206 Å². The highest BCUT2D eigenvalue weighted by Crippen LogP contribution is 2.36. The van der Waals surface area contributed by atoms with Crippen LogP contribution in [0, 0.1) is 13.8 Å². The highest BCUT2D eigenvalue weighted by Gasteiger charge is 2.31. The molecule has 0 saturated carbocycles. The zero-order valence-electron chi connectivity index (χ0n) is 21.0. The molecule has 1 aliphatic heterocycles. The van der Waals surface area contributed by atoms with E-state index in [9.17, 15) is 13.2 Å². The van der Waals surface area contributed by atoms with E-state index in [-0.39, 0.29) is 28.3 Å². The summed E-state index contributed by atoms with van der Waals surface area (Å²) in [5, 5.41) is 7.57. The van der Waals surface area contributed by atoms with Crippen molar-refractivity contribution in [3.63, 3.8) is 0 Å². The first-order valence-electron chi connectivity index (χ1n) is 12.0. The smallest absolute Gasteiger partial charge is 0.272 e. The van der Waals surface area contributed by atoms with Gasteiger partial charge in [0, 0.05) is 30.5 Å². The number of benzene rings is 1. The van der Waals surface area contributed by atoms with Crippen LogP contribution in [0.3, 0.4) is 0 Å². The van der Waals surface area contributed by atoms with Gasteiger partial charge < -0.3 is 10.1 Å². The van der Waals surface area contributed by atoms with E-state index in [0.717, 1.165) is 37.1 Å². The number of rotatable bonds is 7. The van der Waals surface area contributed by atoms with Crippen LogP contribution in [0.25, 0.3) is 16.8 Å². The minimum Gasteiger partial charge on any atom is -0.495 e. The number of piperidine rings is 1. The molecule has 9 nitrogen and oxygen atoms in total. The fraction of sp³-hybridized carbons (Fsp3) is 0.480. The third-order valence-corrected chi connectivity index (χ3v) is 8.41. The Kier molecular flexibility index (Phi) is 7.14. The van der Waals surface area contributed by atoms with Crippen LogP contribution >= 0.6 is 0 Å². The number of sulfonamides is 1. The highest BCUT2D eigenvalue weighted by molar-refractivity contribution is 7.89. The van der Waals surface area contributed by atoms with Gasteiger partial charge in [-0.1, -0.05) is 19.4 Å². The molecule has 0 aliphatic carbocycles. The standard InChI is InChI=1S/C25H33N5O4S/c1-6-16(2)27-25(31)23-22(24-26-17(3)14-18(4)30(24)28-23)19-10-11-20(34-5)21(15-19)35(32,33)29-12-8-7-9-13-29/h10-11,14-16H,6-9,12-13H2,1-5H3,(H,27,31). The summed E-state index contributed by atoms with van der Waals surface area (Å²) in [6.07, 6.45) is 3.45. The molecule has 10 heteroatoms. The molecule has 1 saturated heterocycles. The Balaban J connectivity index is 1.94. The number of fused-ring (bicyclic) bond motifs is 1. The largest absolute Gasteiger partial charge is 0.495 e. The average Bonchev–Trinajstić information content (AvgIpc) is 3.24. The van der Waals surface area contributed by atoms with Crippen molar-refractivity contribution in [3.8, 4) is 16.9 Å². The SMILES string of the molecule is CCC(C)NC(=O)c1nn2c(C)cc(C)nc2c1-c1ccc(OC)c(S(=O)(=O)N2CCCCC2)c1. The van der Waals surface area contributed by atoms with Gasteiger partial charge in [0.15, 0.2) is 11.3 Å². The lowest BCUT2D eigenvalue weighted by atomic mass is 10.0. The molecule has 188 valence electrons. The summed E-state index contributed by atoms with van der Waals surface area (Å²) in [5.74, 6) is -0.0603. The van der Waals surface area contributed by atoms with Gasteiger partial charge in [-0.05, 0) is 63.8 Å². The van der Waals surface area contributed by atoms with Crippen molar-refractivity contribution in [2.24, 2.45) is 0 Å². The van der Waals surface area contributed by atoms with Crippen molar-refractivity contribution < 1.29 is 17.9 Å². The highest BCUT2D eigenvalue weighted by atomic mass is 32.2. The Morgan fingerprint density at radius 3 is 2.54 bits per heavy atom. The van der Waals surface area contributed by atoms with Gasteiger partial charge in [0.1, 0.15) is 10.6 Å². The normalized spacial score (nSPS) is 15.8. The molecule has 1 aliphatic rings. The lowest BCUT2D eigenvalue weighted by molar-refractivity contribution is 0.0934. The van der Waals surface area contributed by atoms with Crippen molar-refractivity contribution in [2.75, 3.05) is 20.2 Å². The van der Waals surface area contributed by atoms with Gasteiger partial charge in [0.25, 0.3) is 5.91 Å². The lowest BCUT2D eigenvalue weighted by Crippen LogP contribution is -2.35. The van der Waals surface area contributed by atoms with E-state index in [2.05, 4.69) is 15.4 Å². The summed E-state index contributed by atoms with van der Waals surface area (Å²) in [4.78, 5) is 18.0. The Bertz CT molecular complexity index is 1360. The molecule has 1 amide bonds. The first-order chi connectivity index (χ1) is 16.7. The number of nitrogens with one attached hydrogen (secondary N) is 1. The van der Waals surface area contributed by atoms with Gasteiger partial charge in [-0.2, -0.15) is 9.40 Å². The summed E-state index contributed by atoms with van der Waals surface area (Å²) in [5.41, 5.74) is 3.35. The molecule has 2 aromatic heterocycles.